The number of nitrogens with zero attached hydrogens (tertiary/aromatic N) is 8. The lowest BCUT2D eigenvalue weighted by molar-refractivity contribution is -0.140. The number of halogens is 3. The van der Waals surface area contributed by atoms with Crippen LogP contribution in [0.4, 0.5) is 13.2 Å². The van der Waals surface area contributed by atoms with Gasteiger partial charge in [-0.1, -0.05) is 23.4 Å². The van der Waals surface area contributed by atoms with E-state index < -0.39 is 23.1 Å². The molecule has 1 aromatic carbocycles. The van der Waals surface area contributed by atoms with Gasteiger partial charge in [0.15, 0.2) is 5.69 Å². The van der Waals surface area contributed by atoms with Crippen LogP contribution in [-0.2, 0) is 12.7 Å². The zero-order valence-electron chi connectivity index (χ0n) is 16.0. The van der Waals surface area contributed by atoms with Crippen molar-refractivity contribution in [3.63, 3.8) is 0 Å². The lowest BCUT2D eigenvalue weighted by atomic mass is 10.2. The number of benzene rings is 1. The molecule has 4 heterocycles. The number of hydrogen-bond acceptors (Lipinski definition) is 6. The fourth-order valence-electron chi connectivity index (χ4n) is 3.61. The number of rotatable bonds is 3. The first-order valence-corrected chi connectivity index (χ1v) is 9.22. The summed E-state index contributed by atoms with van der Waals surface area (Å²) in [5.74, 6) is 0. The van der Waals surface area contributed by atoms with Gasteiger partial charge in [0.25, 0.3) is 5.56 Å². The molecular formula is C20H11F3N8O. The maximum Gasteiger partial charge on any atom is 0.437 e. The number of aromatic nitrogens is 7. The van der Waals surface area contributed by atoms with Crippen LogP contribution >= 0.6 is 0 Å². The second-order valence-corrected chi connectivity index (χ2v) is 6.81. The fourth-order valence-corrected chi connectivity index (χ4v) is 3.61. The van der Waals surface area contributed by atoms with Crippen LogP contribution in [0, 0.1) is 11.5 Å². The molecule has 0 saturated heterocycles. The van der Waals surface area contributed by atoms with Gasteiger partial charge in [-0.3, -0.25) is 18.7 Å². The van der Waals surface area contributed by atoms with E-state index in [9.17, 15) is 23.2 Å². The van der Waals surface area contributed by atoms with Gasteiger partial charge in [-0.15, -0.1) is 9.78 Å². The van der Waals surface area contributed by atoms with Crippen molar-refractivity contribution in [2.75, 3.05) is 0 Å². The van der Waals surface area contributed by atoms with E-state index in [1.54, 1.807) is 48.7 Å². The molecule has 0 aliphatic rings. The summed E-state index contributed by atoms with van der Waals surface area (Å²) < 4.78 is 43.9. The Morgan fingerprint density at radius 3 is 2.47 bits per heavy atom. The molecule has 158 valence electrons. The van der Waals surface area contributed by atoms with Crippen molar-refractivity contribution in [2.45, 2.75) is 12.7 Å². The molecule has 5 rings (SSSR count). The van der Waals surface area contributed by atoms with Crippen molar-refractivity contribution < 1.29 is 13.2 Å². The quantitative estimate of drug-likeness (QED) is 0.431. The van der Waals surface area contributed by atoms with E-state index in [2.05, 4.69) is 20.3 Å². The van der Waals surface area contributed by atoms with Crippen molar-refractivity contribution >= 4 is 16.6 Å². The summed E-state index contributed by atoms with van der Waals surface area (Å²) in [6, 6.07) is 12.2. The molecule has 0 unspecified atom stereocenters. The Bertz CT molecular complexity index is 1570. The molecule has 0 spiro atoms. The average molecular weight is 436 g/mol. The van der Waals surface area contributed by atoms with Crippen LogP contribution in [-0.4, -0.2) is 33.9 Å². The van der Waals surface area contributed by atoms with E-state index in [-0.39, 0.29) is 17.8 Å². The Kier molecular flexibility index (Phi) is 4.26. The molecule has 4 aromatic heterocycles. The van der Waals surface area contributed by atoms with Crippen LogP contribution in [0.3, 0.4) is 0 Å². The van der Waals surface area contributed by atoms with Gasteiger partial charge < -0.3 is 0 Å². The fraction of sp³-hybridized carbons (Fsp3) is 0.100. The van der Waals surface area contributed by atoms with Crippen molar-refractivity contribution in [1.29, 1.82) is 5.26 Å². The number of fused-ring (bicyclic) bond motifs is 3. The second-order valence-electron chi connectivity index (χ2n) is 6.81. The summed E-state index contributed by atoms with van der Waals surface area (Å²) in [7, 11) is 0. The highest BCUT2D eigenvalue weighted by Gasteiger charge is 2.41. The summed E-state index contributed by atoms with van der Waals surface area (Å²) in [5, 5.41) is 15.6. The van der Waals surface area contributed by atoms with Crippen molar-refractivity contribution in [3.8, 4) is 17.6 Å². The van der Waals surface area contributed by atoms with E-state index in [1.165, 1.54) is 21.5 Å². The van der Waals surface area contributed by atoms with Crippen LogP contribution in [0.5, 0.6) is 0 Å². The Balaban J connectivity index is 1.87. The van der Waals surface area contributed by atoms with Crippen molar-refractivity contribution in [1.82, 2.24) is 33.9 Å². The Labute approximate surface area is 176 Å². The highest BCUT2D eigenvalue weighted by Crippen LogP contribution is 2.36. The monoisotopic (exact) mass is 436 g/mol. The van der Waals surface area contributed by atoms with E-state index in [4.69, 9.17) is 0 Å². The summed E-state index contributed by atoms with van der Waals surface area (Å²) in [6.07, 6.45) is -0.546. The number of nitriles is 1. The number of imidazole rings is 1. The molecule has 0 aliphatic carbocycles. The molecule has 12 heteroatoms. The Morgan fingerprint density at radius 2 is 1.78 bits per heavy atom. The van der Waals surface area contributed by atoms with Gasteiger partial charge in [0, 0.05) is 6.20 Å². The summed E-state index contributed by atoms with van der Waals surface area (Å²) in [6.45, 7) is 0.0865. The van der Waals surface area contributed by atoms with Crippen LogP contribution in [0.2, 0.25) is 0 Å². The molecule has 0 aliphatic heterocycles. The van der Waals surface area contributed by atoms with Gasteiger partial charge in [-0.25, -0.2) is 4.98 Å². The maximum atomic E-state index is 13.6. The smallest absolute Gasteiger partial charge is 0.299 e. The molecule has 0 bridgehead atoms. The molecule has 0 radical (unpaired) electrons. The van der Waals surface area contributed by atoms with Crippen LogP contribution < -0.4 is 5.56 Å². The van der Waals surface area contributed by atoms with Gasteiger partial charge in [-0.05, 0) is 24.3 Å². The van der Waals surface area contributed by atoms with Crippen molar-refractivity contribution in [3.05, 3.63) is 76.7 Å². The molecule has 32 heavy (non-hydrogen) atoms. The minimum absolute atomic E-state index is 0.0865. The summed E-state index contributed by atoms with van der Waals surface area (Å²) >= 11 is 0. The summed E-state index contributed by atoms with van der Waals surface area (Å²) in [4.78, 5) is 21.8. The molecule has 5 aromatic rings. The van der Waals surface area contributed by atoms with Gasteiger partial charge >= 0.3 is 6.18 Å². The Hall–Kier alpha value is -4.53. The lowest BCUT2D eigenvalue weighted by Crippen LogP contribution is -2.24. The van der Waals surface area contributed by atoms with Gasteiger partial charge in [0.1, 0.15) is 23.2 Å². The van der Waals surface area contributed by atoms with E-state index >= 15 is 0 Å². The zero-order valence-corrected chi connectivity index (χ0v) is 16.0. The van der Waals surface area contributed by atoms with Crippen LogP contribution in [0.25, 0.3) is 27.9 Å². The third kappa shape index (κ3) is 2.90. The van der Waals surface area contributed by atoms with E-state index in [1.807, 2.05) is 0 Å². The minimum atomic E-state index is -4.90. The van der Waals surface area contributed by atoms with E-state index in [0.717, 1.165) is 0 Å². The van der Waals surface area contributed by atoms with Crippen LogP contribution in [0.1, 0.15) is 11.4 Å². The van der Waals surface area contributed by atoms with E-state index in [0.29, 0.717) is 21.4 Å². The Morgan fingerprint density at radius 1 is 1.03 bits per heavy atom. The SMILES string of the molecule is N#Cn1nnc(C(F)(F)F)c1-c1ncn2c1c(=O)n(Cc1ccccn1)c1ccccc12. The molecule has 0 atom stereocenters. The average Bonchev–Trinajstić information content (AvgIpc) is 3.41. The van der Waals surface area contributed by atoms with Crippen LogP contribution in [0.15, 0.2) is 59.8 Å². The molecule has 0 N–H and O–H groups in total. The minimum Gasteiger partial charge on any atom is -0.299 e. The first-order chi connectivity index (χ1) is 15.4. The largest absolute Gasteiger partial charge is 0.437 e. The molecular weight excluding hydrogens is 425 g/mol. The number of pyridine rings is 1. The number of alkyl halides is 3. The lowest BCUT2D eigenvalue weighted by Gasteiger charge is -2.12. The molecule has 9 nitrogen and oxygen atoms in total. The highest BCUT2D eigenvalue weighted by atomic mass is 19.4. The second kappa shape index (κ2) is 7.02. The zero-order chi connectivity index (χ0) is 22.5. The predicted octanol–water partition coefficient (Wildman–Crippen LogP) is 2.70. The predicted molar refractivity (Wildman–Crippen MR) is 105 cm³/mol. The standard InChI is InChI=1S/C20H11F3N8O/c21-20(22,23)18-16(31(10-24)28-27-18)15-17-19(32)29(9-12-5-3-4-8-25-12)13-6-1-2-7-14(13)30(17)11-26-15/h1-8,11H,9H2. The normalized spacial score (nSPS) is 11.8. The highest BCUT2D eigenvalue weighted by molar-refractivity contribution is 5.85. The molecule has 0 saturated carbocycles. The maximum absolute atomic E-state index is 13.6. The molecule has 0 fully saturated rings. The molecule has 0 amide bonds. The first kappa shape index (κ1) is 19.4. The number of hydrogen-bond donors (Lipinski definition) is 0. The topological polar surface area (TPSA) is 107 Å². The third-order valence-corrected chi connectivity index (χ3v) is 4.95. The van der Waals surface area contributed by atoms with Gasteiger partial charge in [-0.2, -0.15) is 18.4 Å². The third-order valence-electron chi connectivity index (χ3n) is 4.95. The summed E-state index contributed by atoms with van der Waals surface area (Å²) in [5.41, 5.74) is -1.49. The van der Waals surface area contributed by atoms with Gasteiger partial charge in [0.05, 0.1) is 23.3 Å². The van der Waals surface area contributed by atoms with Crippen molar-refractivity contribution in [2.24, 2.45) is 0 Å². The number of para-hydroxylation sites is 2. The first-order valence-electron chi connectivity index (χ1n) is 9.22. The van der Waals surface area contributed by atoms with Gasteiger partial charge in [0.2, 0.25) is 6.19 Å².